The van der Waals surface area contributed by atoms with Crippen molar-refractivity contribution in [1.29, 1.82) is 0 Å². The number of ether oxygens (including phenoxy) is 3. The van der Waals surface area contributed by atoms with Crippen LogP contribution in [0.5, 0.6) is 5.75 Å². The molecule has 0 bridgehead atoms. The topological polar surface area (TPSA) is 61.8 Å². The van der Waals surface area contributed by atoms with Crippen molar-refractivity contribution in [2.45, 2.75) is 48.0 Å². The Morgan fingerprint density at radius 3 is 1.92 bits per heavy atom. The lowest BCUT2D eigenvalue weighted by molar-refractivity contribution is 0.0513. The molecular formula is C31H36O5. The van der Waals surface area contributed by atoms with Crippen LogP contribution in [0.2, 0.25) is 0 Å². The number of benzene rings is 3. The number of aryl methyl sites for hydroxylation is 2. The third-order valence-electron chi connectivity index (χ3n) is 6.23. The summed E-state index contributed by atoms with van der Waals surface area (Å²) in [7, 11) is 0. The third kappa shape index (κ3) is 6.34. The van der Waals surface area contributed by atoms with E-state index in [-0.39, 0.29) is 13.2 Å². The van der Waals surface area contributed by atoms with Gasteiger partial charge in [-0.15, -0.1) is 0 Å². The van der Waals surface area contributed by atoms with Crippen molar-refractivity contribution in [3.8, 4) is 28.0 Å². The van der Waals surface area contributed by atoms with Crippen LogP contribution in [0, 0.1) is 19.8 Å². The highest BCUT2D eigenvalue weighted by Gasteiger charge is 2.23. The first kappa shape index (κ1) is 27.0. The van der Waals surface area contributed by atoms with Gasteiger partial charge in [0.1, 0.15) is 5.75 Å². The Kier molecular flexibility index (Phi) is 9.29. The van der Waals surface area contributed by atoms with E-state index in [1.165, 1.54) is 0 Å². The van der Waals surface area contributed by atoms with Crippen LogP contribution in [-0.2, 0) is 9.47 Å². The monoisotopic (exact) mass is 488 g/mol. The summed E-state index contributed by atoms with van der Waals surface area (Å²) >= 11 is 0. The van der Waals surface area contributed by atoms with E-state index < -0.39 is 11.9 Å². The highest BCUT2D eigenvalue weighted by atomic mass is 16.5. The first-order valence-electron chi connectivity index (χ1n) is 12.6. The number of hydrogen-bond acceptors (Lipinski definition) is 5. The summed E-state index contributed by atoms with van der Waals surface area (Å²) in [6.07, 6.45) is 1.05. The summed E-state index contributed by atoms with van der Waals surface area (Å²) in [5.74, 6) is 0.351. The van der Waals surface area contributed by atoms with Gasteiger partial charge in [0, 0.05) is 0 Å². The van der Waals surface area contributed by atoms with Gasteiger partial charge in [-0.25, -0.2) is 9.59 Å². The van der Waals surface area contributed by atoms with Gasteiger partial charge in [0.15, 0.2) is 0 Å². The average molecular weight is 489 g/mol. The molecule has 5 heteroatoms. The summed E-state index contributed by atoms with van der Waals surface area (Å²) in [5.41, 5.74) is 5.78. The van der Waals surface area contributed by atoms with Crippen molar-refractivity contribution < 1.29 is 23.8 Å². The molecule has 0 amide bonds. The van der Waals surface area contributed by atoms with E-state index in [0.717, 1.165) is 34.4 Å². The van der Waals surface area contributed by atoms with E-state index in [2.05, 4.69) is 13.8 Å². The quantitative estimate of drug-likeness (QED) is 0.278. The summed E-state index contributed by atoms with van der Waals surface area (Å²) in [6, 6.07) is 17.1. The number of rotatable bonds is 10. The summed E-state index contributed by atoms with van der Waals surface area (Å²) in [6.45, 7) is 13.0. The summed E-state index contributed by atoms with van der Waals surface area (Å²) in [4.78, 5) is 26.2. The number of carbonyl (C=O) groups excluding carboxylic acids is 2. The molecule has 0 spiro atoms. The fraction of sp³-hybridized carbons (Fsp3) is 0.355. The maximum Gasteiger partial charge on any atom is 0.338 e. The van der Waals surface area contributed by atoms with E-state index in [4.69, 9.17) is 14.2 Å². The number of hydrogen-bond donors (Lipinski definition) is 0. The van der Waals surface area contributed by atoms with E-state index in [0.29, 0.717) is 34.8 Å². The molecule has 1 unspecified atom stereocenters. The lowest BCUT2D eigenvalue weighted by Gasteiger charge is -2.18. The molecule has 5 nitrogen and oxygen atoms in total. The molecule has 0 aromatic heterocycles. The third-order valence-corrected chi connectivity index (χ3v) is 6.23. The van der Waals surface area contributed by atoms with Gasteiger partial charge >= 0.3 is 11.9 Å². The van der Waals surface area contributed by atoms with Gasteiger partial charge in [0.25, 0.3) is 0 Å². The fourth-order valence-electron chi connectivity index (χ4n) is 3.93. The second kappa shape index (κ2) is 12.4. The van der Waals surface area contributed by atoms with Gasteiger partial charge in [-0.05, 0) is 85.7 Å². The molecule has 0 N–H and O–H groups in total. The predicted molar refractivity (Wildman–Crippen MR) is 144 cm³/mol. The van der Waals surface area contributed by atoms with Crippen LogP contribution < -0.4 is 4.74 Å². The van der Waals surface area contributed by atoms with Crippen molar-refractivity contribution in [1.82, 2.24) is 0 Å². The Morgan fingerprint density at radius 1 is 0.750 bits per heavy atom. The van der Waals surface area contributed by atoms with Gasteiger partial charge in [-0.1, -0.05) is 56.2 Å². The second-order valence-corrected chi connectivity index (χ2v) is 9.05. The predicted octanol–water partition coefficient (Wildman–Crippen LogP) is 7.42. The van der Waals surface area contributed by atoms with E-state index in [9.17, 15) is 9.59 Å². The Morgan fingerprint density at radius 2 is 1.33 bits per heavy atom. The summed E-state index contributed by atoms with van der Waals surface area (Å²) in [5, 5.41) is 0. The van der Waals surface area contributed by atoms with Crippen LogP contribution in [-0.4, -0.2) is 31.8 Å². The number of carbonyl (C=O) groups is 2. The molecule has 0 aliphatic heterocycles. The lowest BCUT2D eigenvalue weighted by Crippen LogP contribution is -2.12. The minimum absolute atomic E-state index is 0.249. The maximum atomic E-state index is 13.1. The minimum Gasteiger partial charge on any atom is -0.493 e. The van der Waals surface area contributed by atoms with E-state index in [1.807, 2.05) is 56.3 Å². The van der Waals surface area contributed by atoms with Crippen LogP contribution in [0.15, 0.2) is 54.6 Å². The molecule has 3 rings (SSSR count). The standard InChI is InChI=1S/C31H36O5/c1-7-20(4)19-36-24-14-12-23(13-15-24)26-17-29(31(33)35-9-3)27(18-28(26)30(32)34-8-2)25-16-21(5)10-11-22(25)6/h10-18,20H,7-9,19H2,1-6H3. The maximum absolute atomic E-state index is 13.1. The highest BCUT2D eigenvalue weighted by Crippen LogP contribution is 2.36. The zero-order valence-electron chi connectivity index (χ0n) is 22.1. The summed E-state index contributed by atoms with van der Waals surface area (Å²) < 4.78 is 16.7. The Bertz CT molecular complexity index is 1210. The largest absolute Gasteiger partial charge is 0.493 e. The molecule has 0 radical (unpaired) electrons. The van der Waals surface area contributed by atoms with Crippen molar-refractivity contribution >= 4 is 11.9 Å². The van der Waals surface area contributed by atoms with Crippen LogP contribution in [0.25, 0.3) is 22.3 Å². The molecule has 3 aromatic carbocycles. The van der Waals surface area contributed by atoms with Crippen molar-refractivity contribution in [3.05, 3.63) is 76.9 Å². The van der Waals surface area contributed by atoms with E-state index in [1.54, 1.807) is 26.0 Å². The molecule has 0 heterocycles. The Balaban J connectivity index is 2.18. The normalized spacial score (nSPS) is 11.6. The van der Waals surface area contributed by atoms with Crippen molar-refractivity contribution in [2.24, 2.45) is 5.92 Å². The minimum atomic E-state index is -0.438. The van der Waals surface area contributed by atoms with Crippen LogP contribution in [0.4, 0.5) is 0 Å². The molecule has 0 saturated heterocycles. The van der Waals surface area contributed by atoms with Crippen LogP contribution in [0.3, 0.4) is 0 Å². The van der Waals surface area contributed by atoms with Gasteiger partial charge in [-0.3, -0.25) is 0 Å². The van der Waals surface area contributed by atoms with Gasteiger partial charge < -0.3 is 14.2 Å². The van der Waals surface area contributed by atoms with Gasteiger partial charge in [-0.2, -0.15) is 0 Å². The van der Waals surface area contributed by atoms with E-state index >= 15 is 0 Å². The van der Waals surface area contributed by atoms with Crippen molar-refractivity contribution in [2.75, 3.05) is 19.8 Å². The molecule has 3 aromatic rings. The van der Waals surface area contributed by atoms with Crippen LogP contribution >= 0.6 is 0 Å². The molecule has 190 valence electrons. The highest BCUT2D eigenvalue weighted by molar-refractivity contribution is 6.05. The Hall–Kier alpha value is -3.60. The number of esters is 2. The smallest absolute Gasteiger partial charge is 0.338 e. The molecule has 1 atom stereocenters. The molecule has 0 aliphatic carbocycles. The first-order chi connectivity index (χ1) is 17.3. The zero-order valence-corrected chi connectivity index (χ0v) is 22.1. The van der Waals surface area contributed by atoms with Gasteiger partial charge in [0.05, 0.1) is 30.9 Å². The average Bonchev–Trinajstić information content (AvgIpc) is 2.88. The Labute approximate surface area is 214 Å². The molecule has 0 fully saturated rings. The van der Waals surface area contributed by atoms with Gasteiger partial charge in [0.2, 0.25) is 0 Å². The molecule has 36 heavy (non-hydrogen) atoms. The molecule has 0 aliphatic rings. The first-order valence-corrected chi connectivity index (χ1v) is 12.6. The second-order valence-electron chi connectivity index (χ2n) is 9.05. The SMILES string of the molecule is CCOC(=O)c1cc(-c2cc(C)ccc2C)c(C(=O)OCC)cc1-c1ccc(OCC(C)CC)cc1. The molecular weight excluding hydrogens is 452 g/mol. The lowest BCUT2D eigenvalue weighted by atomic mass is 9.88. The fourth-order valence-corrected chi connectivity index (χ4v) is 3.93. The van der Waals surface area contributed by atoms with Crippen LogP contribution in [0.1, 0.15) is 66.0 Å². The zero-order chi connectivity index (χ0) is 26.2. The molecule has 0 saturated carbocycles. The van der Waals surface area contributed by atoms with Crippen molar-refractivity contribution in [3.63, 3.8) is 0 Å².